The average Bonchev–Trinajstić information content (AvgIpc) is 2.91. The van der Waals surface area contributed by atoms with E-state index in [1.165, 1.54) is 11.1 Å². The number of allylic oxidation sites excluding steroid dienone is 4. The molecule has 1 aliphatic rings. The lowest BCUT2D eigenvalue weighted by Gasteiger charge is -2.29. The largest absolute Gasteiger partial charge is 0.490 e. The number of anilines is 2. The molecule has 0 aliphatic carbocycles. The zero-order valence-electron chi connectivity index (χ0n) is 25.4. The predicted octanol–water partition coefficient (Wildman–Crippen LogP) is 8.42. The van der Waals surface area contributed by atoms with Crippen molar-refractivity contribution in [1.82, 2.24) is 4.90 Å². The third-order valence-corrected chi connectivity index (χ3v) is 7.40. The van der Waals surface area contributed by atoms with E-state index in [2.05, 4.69) is 100 Å². The third-order valence-electron chi connectivity index (χ3n) is 7.40. The average molecular weight is 530 g/mol. The summed E-state index contributed by atoms with van der Waals surface area (Å²) >= 11 is 0. The molecule has 5 heteroatoms. The highest BCUT2D eigenvalue weighted by Crippen LogP contribution is 2.35. The van der Waals surface area contributed by atoms with Crippen LogP contribution < -0.4 is 15.0 Å². The number of benzene rings is 2. The maximum atomic E-state index is 10.4. The summed E-state index contributed by atoms with van der Waals surface area (Å²) in [6.45, 7) is 18.2. The maximum absolute atomic E-state index is 10.4. The number of hydrogen-bond donors (Lipinski definition) is 2. The van der Waals surface area contributed by atoms with Crippen LogP contribution in [0.5, 0.6) is 5.75 Å². The van der Waals surface area contributed by atoms with E-state index >= 15 is 0 Å². The molecule has 1 heterocycles. The number of hydrogen-bond acceptors (Lipinski definition) is 5. The summed E-state index contributed by atoms with van der Waals surface area (Å²) in [6.07, 6.45) is 8.27. The minimum Gasteiger partial charge on any atom is -0.490 e. The highest BCUT2D eigenvalue weighted by atomic mass is 16.5. The highest BCUT2D eigenvalue weighted by Gasteiger charge is 2.20. The zero-order chi connectivity index (χ0) is 28.7. The normalized spacial score (nSPS) is 15.4. The van der Waals surface area contributed by atoms with Gasteiger partial charge in [-0.3, -0.25) is 0 Å². The second kappa shape index (κ2) is 13.1. The van der Waals surface area contributed by atoms with Gasteiger partial charge in [0.25, 0.3) is 0 Å². The van der Waals surface area contributed by atoms with Gasteiger partial charge in [0.05, 0.1) is 29.2 Å². The van der Waals surface area contributed by atoms with Crippen molar-refractivity contribution in [2.75, 3.05) is 30.4 Å². The summed E-state index contributed by atoms with van der Waals surface area (Å²) in [7, 11) is 2.11. The molecule has 0 spiro atoms. The molecule has 0 fully saturated rings. The molecule has 0 bridgehead atoms. The van der Waals surface area contributed by atoms with Crippen molar-refractivity contribution >= 4 is 16.9 Å². The summed E-state index contributed by atoms with van der Waals surface area (Å²) in [5, 5.41) is 14.1. The predicted molar refractivity (Wildman–Crippen MR) is 167 cm³/mol. The lowest BCUT2D eigenvalue weighted by atomic mass is 9.98. The van der Waals surface area contributed by atoms with Crippen LogP contribution in [-0.4, -0.2) is 30.2 Å². The van der Waals surface area contributed by atoms with Gasteiger partial charge < -0.3 is 25.0 Å². The van der Waals surface area contributed by atoms with Crippen molar-refractivity contribution in [3.8, 4) is 5.75 Å². The van der Waals surface area contributed by atoms with Crippen LogP contribution in [0.4, 0.5) is 11.4 Å². The van der Waals surface area contributed by atoms with Gasteiger partial charge in [-0.05, 0) is 106 Å². The number of nitrogens with one attached hydrogen (secondary N) is 1. The van der Waals surface area contributed by atoms with E-state index in [0.717, 1.165) is 64.6 Å². The number of nitrogens with zero attached hydrogens (tertiary/aromatic N) is 2. The fraction of sp³-hybridized carbons (Fsp3) is 0.412. The molecule has 0 aromatic heterocycles. The van der Waals surface area contributed by atoms with E-state index in [1.807, 2.05) is 38.1 Å². The Labute approximate surface area is 236 Å². The molecule has 0 saturated heterocycles. The minimum absolute atomic E-state index is 0.704. The Kier molecular flexibility index (Phi) is 10.1. The Morgan fingerprint density at radius 2 is 1.72 bits per heavy atom. The van der Waals surface area contributed by atoms with Crippen LogP contribution in [0.25, 0.3) is 5.57 Å². The zero-order valence-corrected chi connectivity index (χ0v) is 25.4. The Balaban J connectivity index is 2.06. The second-order valence-electron chi connectivity index (χ2n) is 10.9. The van der Waals surface area contributed by atoms with Crippen molar-refractivity contribution in [3.05, 3.63) is 94.6 Å². The van der Waals surface area contributed by atoms with E-state index in [9.17, 15) is 5.11 Å². The van der Waals surface area contributed by atoms with Crippen LogP contribution in [0.3, 0.4) is 0 Å². The molecule has 0 atom stereocenters. The van der Waals surface area contributed by atoms with Crippen LogP contribution >= 0.6 is 0 Å². The first-order valence-electron chi connectivity index (χ1n) is 14.1. The molecular formula is C34H47N3O2. The van der Waals surface area contributed by atoms with Gasteiger partial charge in [0, 0.05) is 25.1 Å². The van der Waals surface area contributed by atoms with Crippen LogP contribution in [-0.2, 0) is 5.60 Å². The minimum atomic E-state index is -0.872. The van der Waals surface area contributed by atoms with Gasteiger partial charge in [-0.15, -0.1) is 0 Å². The summed E-state index contributed by atoms with van der Waals surface area (Å²) in [5.41, 5.74) is 9.24. The summed E-state index contributed by atoms with van der Waals surface area (Å²) < 4.78 is 5.98. The van der Waals surface area contributed by atoms with Gasteiger partial charge in [-0.1, -0.05) is 38.1 Å². The molecule has 39 heavy (non-hydrogen) atoms. The summed E-state index contributed by atoms with van der Waals surface area (Å²) in [6, 6.07) is 14.5. The van der Waals surface area contributed by atoms with Gasteiger partial charge in [-0.2, -0.15) is 0 Å². The van der Waals surface area contributed by atoms with E-state index in [4.69, 9.17) is 4.74 Å². The molecule has 0 saturated carbocycles. The lowest BCUT2D eigenvalue weighted by Crippen LogP contribution is -2.28. The molecule has 2 aromatic carbocycles. The van der Waals surface area contributed by atoms with Gasteiger partial charge >= 0.3 is 0 Å². The molecule has 3 rings (SSSR count). The Morgan fingerprint density at radius 1 is 1.05 bits per heavy atom. The van der Waals surface area contributed by atoms with Crippen LogP contribution in [0.2, 0.25) is 0 Å². The van der Waals surface area contributed by atoms with Gasteiger partial charge in [0.1, 0.15) is 12.4 Å². The first-order valence-corrected chi connectivity index (χ1v) is 14.1. The molecule has 0 unspecified atom stereocenters. The highest BCUT2D eigenvalue weighted by molar-refractivity contribution is 5.71. The van der Waals surface area contributed by atoms with E-state index in [-0.39, 0.29) is 0 Å². The molecule has 0 amide bonds. The van der Waals surface area contributed by atoms with Gasteiger partial charge in [-0.25, -0.2) is 0 Å². The van der Waals surface area contributed by atoms with Crippen LogP contribution in [0.1, 0.15) is 79.4 Å². The molecule has 0 radical (unpaired) electrons. The number of ether oxygens (including phenoxy) is 1. The van der Waals surface area contributed by atoms with Gasteiger partial charge in [0.15, 0.2) is 0 Å². The molecule has 1 aliphatic heterocycles. The van der Waals surface area contributed by atoms with Crippen molar-refractivity contribution in [3.63, 3.8) is 0 Å². The van der Waals surface area contributed by atoms with Crippen LogP contribution in [0.15, 0.2) is 83.5 Å². The van der Waals surface area contributed by atoms with E-state index < -0.39 is 5.60 Å². The number of likely N-dealkylation sites (N-methyl/N-ethyl adjacent to an activating group) is 1. The second-order valence-corrected chi connectivity index (χ2v) is 10.9. The third kappa shape index (κ3) is 7.36. The van der Waals surface area contributed by atoms with E-state index in [1.54, 1.807) is 0 Å². The molecule has 2 N–H and O–H groups in total. The number of rotatable bonds is 10. The number of fused-ring (bicyclic) bond motifs is 1. The van der Waals surface area contributed by atoms with Crippen molar-refractivity contribution in [1.29, 1.82) is 0 Å². The Morgan fingerprint density at radius 3 is 2.31 bits per heavy atom. The topological polar surface area (TPSA) is 48.0 Å². The Hall–Kier alpha value is -3.44. The first-order chi connectivity index (χ1) is 18.5. The van der Waals surface area contributed by atoms with Crippen molar-refractivity contribution in [2.45, 2.75) is 73.8 Å². The Bertz CT molecular complexity index is 1260. The molecule has 2 aromatic rings. The van der Waals surface area contributed by atoms with E-state index in [0.29, 0.717) is 6.61 Å². The fourth-order valence-corrected chi connectivity index (χ4v) is 4.61. The smallest absolute Gasteiger partial charge is 0.143 e. The van der Waals surface area contributed by atoms with Gasteiger partial charge in [0.2, 0.25) is 0 Å². The maximum Gasteiger partial charge on any atom is 0.143 e. The molecule has 5 nitrogen and oxygen atoms in total. The van der Waals surface area contributed by atoms with Crippen molar-refractivity contribution < 1.29 is 9.84 Å². The fourth-order valence-electron chi connectivity index (χ4n) is 4.61. The summed E-state index contributed by atoms with van der Waals surface area (Å²) in [5.74, 6) is 0.936. The van der Waals surface area contributed by atoms with Crippen LogP contribution in [0, 0.1) is 0 Å². The van der Waals surface area contributed by atoms with Crippen molar-refractivity contribution in [2.24, 2.45) is 0 Å². The standard InChI is InChI=1S/C34H47N3O2/c1-10-19-37(23-26(6)27-13-18-30-31(22-27)39-21-20-36(30)9)33(25(5)12-3)32(24(4)11-2)35-29-16-14-28(15-17-29)34(7,8)38/h10,13-19,22-23,35,38H,11-12,20-21H2,1-9H3/b19-10-,26-23+,32-24+,33-25+. The lowest BCUT2D eigenvalue weighted by molar-refractivity contribution is 0.0786. The first kappa shape index (κ1) is 30.1. The quantitative estimate of drug-likeness (QED) is 0.303. The molecular weight excluding hydrogens is 482 g/mol. The summed E-state index contributed by atoms with van der Waals surface area (Å²) in [4.78, 5) is 4.48. The monoisotopic (exact) mass is 529 g/mol. The molecule has 210 valence electrons. The SMILES string of the molecule is C/C=C\N(/C=C(\C)c1ccc2c(c1)OCCN2C)C(=C(\C)CC)/C(Nc1ccc(C(C)(C)O)cc1)=C(/C)CC. The number of aliphatic hydroxyl groups is 1.